The predicted molar refractivity (Wildman–Crippen MR) is 149 cm³/mol. The number of carbonyl (C=O) groups excluding carboxylic acids is 2. The van der Waals surface area contributed by atoms with E-state index in [0.29, 0.717) is 30.5 Å². The number of fused-ring (bicyclic) bond motifs is 1. The van der Waals surface area contributed by atoms with Crippen molar-refractivity contribution in [1.29, 1.82) is 0 Å². The highest BCUT2D eigenvalue weighted by molar-refractivity contribution is 6.35. The molecular weight excluding hydrogens is 539 g/mol. The molecule has 2 amide bonds. The highest BCUT2D eigenvalue weighted by atomic mass is 35.5. The van der Waals surface area contributed by atoms with E-state index in [-0.39, 0.29) is 28.9 Å². The monoisotopic (exact) mass is 564 g/mol. The molecule has 1 N–H and O–H groups in total. The van der Waals surface area contributed by atoms with Crippen molar-refractivity contribution in [2.75, 3.05) is 13.7 Å². The first-order chi connectivity index (χ1) is 18.9. The van der Waals surface area contributed by atoms with Gasteiger partial charge >= 0.3 is 0 Å². The van der Waals surface area contributed by atoms with E-state index in [9.17, 15) is 9.59 Å². The minimum Gasteiger partial charge on any atom is -0.437 e. The molecule has 39 heavy (non-hydrogen) atoms. The molecule has 2 aromatic heterocycles. The average Bonchev–Trinajstić information content (AvgIpc) is 3.39. The van der Waals surface area contributed by atoms with E-state index in [1.54, 1.807) is 48.7 Å². The van der Waals surface area contributed by atoms with Crippen LogP contribution in [0.2, 0.25) is 10.0 Å². The van der Waals surface area contributed by atoms with E-state index in [4.69, 9.17) is 32.7 Å². The van der Waals surface area contributed by atoms with E-state index < -0.39 is 5.91 Å². The lowest BCUT2D eigenvalue weighted by atomic mass is 10.2. The minimum atomic E-state index is -0.477. The summed E-state index contributed by atoms with van der Waals surface area (Å²) in [6.45, 7) is 1.55. The Bertz CT molecular complexity index is 1410. The molecule has 0 bridgehead atoms. The van der Waals surface area contributed by atoms with Gasteiger partial charge in [0.25, 0.3) is 5.91 Å². The Morgan fingerprint density at radius 1 is 0.974 bits per heavy atom. The number of nitrogens with one attached hydrogen (secondary N) is 1. The number of aromatic nitrogens is 2. The lowest BCUT2D eigenvalue weighted by Crippen LogP contribution is -2.37. The number of hydrogen-bond donors (Lipinski definition) is 1. The van der Waals surface area contributed by atoms with Crippen LogP contribution in [0.4, 0.5) is 0 Å². The van der Waals surface area contributed by atoms with Crippen LogP contribution in [0.3, 0.4) is 0 Å². The van der Waals surface area contributed by atoms with Crippen molar-refractivity contribution in [3.05, 3.63) is 118 Å². The maximum atomic E-state index is 12.7. The number of ether oxygens (including phenoxy) is 2. The highest BCUT2D eigenvalue weighted by Gasteiger charge is 2.24. The zero-order valence-electron chi connectivity index (χ0n) is 21.1. The zero-order valence-corrected chi connectivity index (χ0v) is 22.7. The summed E-state index contributed by atoms with van der Waals surface area (Å²) in [5.41, 5.74) is 3.48. The Labute approximate surface area is 236 Å². The van der Waals surface area contributed by atoms with Crippen LogP contribution in [0.15, 0.2) is 85.3 Å². The molecule has 0 spiro atoms. The van der Waals surface area contributed by atoms with Crippen molar-refractivity contribution in [2.24, 2.45) is 0 Å². The maximum absolute atomic E-state index is 12.7. The molecular formula is C29H26Cl2N4O4. The molecule has 200 valence electrons. The van der Waals surface area contributed by atoms with Crippen LogP contribution < -0.4 is 10.1 Å². The van der Waals surface area contributed by atoms with Gasteiger partial charge in [-0.3, -0.25) is 14.6 Å². The molecule has 1 aliphatic rings. The zero-order chi connectivity index (χ0) is 27.6. The average molecular weight is 565 g/mol. The Morgan fingerprint density at radius 3 is 2.51 bits per heavy atom. The van der Waals surface area contributed by atoms with E-state index in [0.717, 1.165) is 11.1 Å². The van der Waals surface area contributed by atoms with Gasteiger partial charge in [0, 0.05) is 43.8 Å². The van der Waals surface area contributed by atoms with E-state index in [1.165, 1.54) is 17.8 Å². The number of carbonyl (C=O) groups is 2. The normalized spacial score (nSPS) is 11.7. The van der Waals surface area contributed by atoms with Gasteiger partial charge < -0.3 is 19.7 Å². The topological polar surface area (TPSA) is 93.7 Å². The molecule has 0 unspecified atom stereocenters. The van der Waals surface area contributed by atoms with Crippen LogP contribution >= 0.6 is 23.2 Å². The SMILES string of the molecule is COCc1ccccc1.O=C(NCC(=O)N1Cc2ccncc2C1)c1cccnc1Oc1ccc(Cl)cc1Cl. The summed E-state index contributed by atoms with van der Waals surface area (Å²) in [4.78, 5) is 35.0. The molecule has 5 rings (SSSR count). The van der Waals surface area contributed by atoms with Gasteiger partial charge in [0.05, 0.1) is 18.2 Å². The third-order valence-electron chi connectivity index (χ3n) is 5.75. The van der Waals surface area contributed by atoms with Gasteiger partial charge in [-0.2, -0.15) is 0 Å². The Morgan fingerprint density at radius 2 is 1.77 bits per heavy atom. The molecule has 4 aromatic rings. The van der Waals surface area contributed by atoms with Gasteiger partial charge in [-0.1, -0.05) is 53.5 Å². The molecule has 2 aromatic carbocycles. The summed E-state index contributed by atoms with van der Waals surface area (Å²) in [5.74, 6) is -0.277. The van der Waals surface area contributed by atoms with Crippen molar-refractivity contribution in [3.63, 3.8) is 0 Å². The number of hydrogen-bond acceptors (Lipinski definition) is 6. The number of rotatable bonds is 7. The van der Waals surface area contributed by atoms with Crippen molar-refractivity contribution in [3.8, 4) is 11.6 Å². The van der Waals surface area contributed by atoms with Crippen molar-refractivity contribution in [1.82, 2.24) is 20.2 Å². The molecule has 3 heterocycles. The van der Waals surface area contributed by atoms with Crippen LogP contribution in [0.25, 0.3) is 0 Å². The first-order valence-electron chi connectivity index (χ1n) is 12.0. The lowest BCUT2D eigenvalue weighted by Gasteiger charge is -2.16. The first kappa shape index (κ1) is 28.0. The largest absolute Gasteiger partial charge is 0.437 e. The molecule has 10 heteroatoms. The number of methoxy groups -OCH3 is 1. The first-order valence-corrected chi connectivity index (χ1v) is 12.8. The lowest BCUT2D eigenvalue weighted by molar-refractivity contribution is -0.130. The van der Waals surface area contributed by atoms with Crippen LogP contribution in [-0.2, 0) is 29.2 Å². The molecule has 0 fully saturated rings. The van der Waals surface area contributed by atoms with Gasteiger partial charge in [-0.25, -0.2) is 4.98 Å². The van der Waals surface area contributed by atoms with Crippen molar-refractivity contribution in [2.45, 2.75) is 19.7 Å². The third kappa shape index (κ3) is 7.77. The quantitative estimate of drug-likeness (QED) is 0.310. The number of benzene rings is 2. The fourth-order valence-electron chi connectivity index (χ4n) is 3.81. The second kappa shape index (κ2) is 13.7. The molecule has 0 radical (unpaired) electrons. The second-order valence-electron chi connectivity index (χ2n) is 8.53. The fraction of sp³-hybridized carbons (Fsp3) is 0.172. The Kier molecular flexibility index (Phi) is 9.85. The van der Waals surface area contributed by atoms with Gasteiger partial charge in [-0.05, 0) is 53.1 Å². The summed E-state index contributed by atoms with van der Waals surface area (Å²) < 4.78 is 10.6. The smallest absolute Gasteiger partial charge is 0.257 e. The summed E-state index contributed by atoms with van der Waals surface area (Å²) in [6, 6.07) is 19.9. The van der Waals surface area contributed by atoms with Crippen LogP contribution in [0.5, 0.6) is 11.6 Å². The Balaban J connectivity index is 0.000000333. The fourth-order valence-corrected chi connectivity index (χ4v) is 4.25. The highest BCUT2D eigenvalue weighted by Crippen LogP contribution is 2.32. The van der Waals surface area contributed by atoms with Gasteiger partial charge in [0.15, 0.2) is 0 Å². The van der Waals surface area contributed by atoms with Crippen molar-refractivity contribution >= 4 is 35.0 Å². The number of amides is 2. The van der Waals surface area contributed by atoms with E-state index >= 15 is 0 Å². The standard InChI is InChI=1S/C21H16Cl2N4O3.C8H10O/c22-15-3-4-18(17(23)8-15)30-21-16(2-1-6-25-21)20(29)26-10-19(28)27-11-13-5-7-24-9-14(13)12-27;1-9-7-8-5-3-2-4-6-8/h1-9H,10-12H2,(H,26,29);2-6H,7H2,1H3. The number of halogens is 2. The van der Waals surface area contributed by atoms with Gasteiger partial charge in [-0.15, -0.1) is 0 Å². The molecule has 0 atom stereocenters. The molecule has 1 aliphatic heterocycles. The maximum Gasteiger partial charge on any atom is 0.257 e. The molecule has 0 saturated heterocycles. The summed E-state index contributed by atoms with van der Waals surface area (Å²) >= 11 is 12.0. The van der Waals surface area contributed by atoms with Crippen molar-refractivity contribution < 1.29 is 19.1 Å². The van der Waals surface area contributed by atoms with Gasteiger partial charge in [0.2, 0.25) is 11.8 Å². The summed E-state index contributed by atoms with van der Waals surface area (Å²) in [6.07, 6.45) is 4.95. The van der Waals surface area contributed by atoms with E-state index in [1.807, 2.05) is 36.4 Å². The summed E-state index contributed by atoms with van der Waals surface area (Å²) in [7, 11) is 1.70. The molecule has 8 nitrogen and oxygen atoms in total. The Hall–Kier alpha value is -3.98. The van der Waals surface area contributed by atoms with Crippen LogP contribution in [0, 0.1) is 0 Å². The minimum absolute atomic E-state index is 0.0753. The number of nitrogens with zero attached hydrogens (tertiary/aromatic N) is 3. The van der Waals surface area contributed by atoms with Crippen LogP contribution in [-0.4, -0.2) is 40.3 Å². The predicted octanol–water partition coefficient (Wildman–Crippen LogP) is 5.68. The second-order valence-corrected chi connectivity index (χ2v) is 9.37. The number of pyridine rings is 2. The van der Waals surface area contributed by atoms with Crippen LogP contribution in [0.1, 0.15) is 27.0 Å². The summed E-state index contributed by atoms with van der Waals surface area (Å²) in [5, 5.41) is 3.38. The third-order valence-corrected chi connectivity index (χ3v) is 6.28. The van der Waals surface area contributed by atoms with E-state index in [2.05, 4.69) is 15.3 Å². The molecule has 0 saturated carbocycles. The van der Waals surface area contributed by atoms with Gasteiger partial charge in [0.1, 0.15) is 11.3 Å². The molecule has 0 aliphatic carbocycles.